The summed E-state index contributed by atoms with van der Waals surface area (Å²) in [5.41, 5.74) is 1.70. The molecule has 0 bridgehead atoms. The Bertz CT molecular complexity index is 1030. The average Bonchev–Trinajstić information content (AvgIpc) is 2.80. The zero-order valence-electron chi connectivity index (χ0n) is 17.5. The van der Waals surface area contributed by atoms with E-state index >= 15 is 0 Å². The van der Waals surface area contributed by atoms with Gasteiger partial charge in [0.15, 0.2) is 5.43 Å². The molecule has 1 N–H and O–H groups in total. The fraction of sp³-hybridized carbons (Fsp3) is 0.240. The molecule has 0 aliphatic carbocycles. The van der Waals surface area contributed by atoms with E-state index in [1.807, 2.05) is 34.9 Å². The van der Waals surface area contributed by atoms with Crippen LogP contribution in [0.2, 0.25) is 0 Å². The number of carboxylic acid groups (broad SMARTS) is 1. The summed E-state index contributed by atoms with van der Waals surface area (Å²) < 4.78 is 7.61. The van der Waals surface area contributed by atoms with E-state index in [0.717, 1.165) is 24.5 Å². The van der Waals surface area contributed by atoms with Gasteiger partial charge in [-0.15, -0.1) is 0 Å². The highest BCUT2D eigenvalue weighted by atomic mass is 16.5. The van der Waals surface area contributed by atoms with Crippen LogP contribution in [-0.2, 0) is 0 Å². The number of ether oxygens (including phenoxy) is 1. The zero-order chi connectivity index (χ0) is 22.5. The second-order valence-corrected chi connectivity index (χ2v) is 6.84. The summed E-state index contributed by atoms with van der Waals surface area (Å²) in [6.45, 7) is 2.98. The van der Waals surface area contributed by atoms with Gasteiger partial charge in [0.1, 0.15) is 5.75 Å². The first-order chi connectivity index (χ1) is 15.0. The molecule has 0 saturated carbocycles. The molecule has 1 aromatic heterocycles. The Morgan fingerprint density at radius 2 is 1.61 bits per heavy atom. The van der Waals surface area contributed by atoms with Crippen molar-refractivity contribution in [2.24, 2.45) is 0 Å². The van der Waals surface area contributed by atoms with E-state index in [0.29, 0.717) is 5.56 Å². The third kappa shape index (κ3) is 8.19. The summed E-state index contributed by atoms with van der Waals surface area (Å²) in [5, 5.41) is 16.8. The molecule has 6 nitrogen and oxygen atoms in total. The van der Waals surface area contributed by atoms with Gasteiger partial charge in [-0.3, -0.25) is 4.79 Å². The van der Waals surface area contributed by atoms with Gasteiger partial charge < -0.3 is 14.4 Å². The van der Waals surface area contributed by atoms with Crippen LogP contribution in [0.15, 0.2) is 77.9 Å². The molecule has 0 fully saturated rings. The van der Waals surface area contributed by atoms with Gasteiger partial charge in [-0.2, -0.15) is 5.26 Å². The van der Waals surface area contributed by atoms with Crippen molar-refractivity contribution >= 4 is 5.97 Å². The molecule has 6 heteroatoms. The average molecular weight is 418 g/mol. The minimum absolute atomic E-state index is 0.0216. The SMILES string of the molecule is CCCCCCOc1ccc(-n2ccc(=O)cc2)cc1.N#Cc1ccc(C(=O)O)cc1. The molecule has 1 heterocycles. The van der Waals surface area contributed by atoms with Crippen LogP contribution in [0.5, 0.6) is 5.75 Å². The van der Waals surface area contributed by atoms with E-state index in [1.165, 1.54) is 43.5 Å². The number of nitriles is 1. The molecular formula is C25H26N2O4. The summed E-state index contributed by atoms with van der Waals surface area (Å²) in [7, 11) is 0. The second kappa shape index (κ2) is 12.7. The third-order valence-corrected chi connectivity index (χ3v) is 4.46. The Morgan fingerprint density at radius 1 is 0.968 bits per heavy atom. The van der Waals surface area contributed by atoms with E-state index < -0.39 is 5.97 Å². The first-order valence-electron chi connectivity index (χ1n) is 10.2. The molecule has 160 valence electrons. The highest BCUT2D eigenvalue weighted by Gasteiger charge is 2.00. The maximum absolute atomic E-state index is 11.1. The van der Waals surface area contributed by atoms with E-state index in [2.05, 4.69) is 6.92 Å². The molecule has 0 atom stereocenters. The van der Waals surface area contributed by atoms with Gasteiger partial charge in [0, 0.05) is 30.2 Å². The Labute approximate surface area is 182 Å². The zero-order valence-corrected chi connectivity index (χ0v) is 17.5. The number of carboxylic acids is 1. The van der Waals surface area contributed by atoms with Crippen LogP contribution in [0.1, 0.15) is 48.5 Å². The fourth-order valence-electron chi connectivity index (χ4n) is 2.71. The lowest BCUT2D eigenvalue weighted by atomic mass is 10.1. The van der Waals surface area contributed by atoms with Crippen molar-refractivity contribution in [2.45, 2.75) is 32.6 Å². The van der Waals surface area contributed by atoms with Gasteiger partial charge in [0.2, 0.25) is 0 Å². The summed E-state index contributed by atoms with van der Waals surface area (Å²) in [5.74, 6) is -0.0826. The number of benzene rings is 2. The molecule has 0 saturated heterocycles. The monoisotopic (exact) mass is 418 g/mol. The van der Waals surface area contributed by atoms with Crippen LogP contribution >= 0.6 is 0 Å². The number of carbonyl (C=O) groups is 1. The molecule has 31 heavy (non-hydrogen) atoms. The quantitative estimate of drug-likeness (QED) is 0.517. The van der Waals surface area contributed by atoms with E-state index in [4.69, 9.17) is 15.1 Å². The predicted molar refractivity (Wildman–Crippen MR) is 120 cm³/mol. The minimum Gasteiger partial charge on any atom is -0.494 e. The van der Waals surface area contributed by atoms with Crippen molar-refractivity contribution in [3.05, 3.63) is 94.4 Å². The Hall–Kier alpha value is -3.85. The first kappa shape index (κ1) is 23.4. The van der Waals surface area contributed by atoms with Crippen molar-refractivity contribution in [1.82, 2.24) is 4.57 Å². The Morgan fingerprint density at radius 3 is 2.16 bits per heavy atom. The number of rotatable bonds is 8. The highest BCUT2D eigenvalue weighted by molar-refractivity contribution is 5.87. The van der Waals surface area contributed by atoms with Crippen LogP contribution < -0.4 is 10.2 Å². The van der Waals surface area contributed by atoms with Crippen molar-refractivity contribution in [3.8, 4) is 17.5 Å². The molecule has 0 spiro atoms. The predicted octanol–water partition coefficient (Wildman–Crippen LogP) is 5.05. The van der Waals surface area contributed by atoms with Crippen LogP contribution in [-0.4, -0.2) is 22.2 Å². The van der Waals surface area contributed by atoms with Crippen molar-refractivity contribution in [1.29, 1.82) is 5.26 Å². The van der Waals surface area contributed by atoms with Gasteiger partial charge in [-0.25, -0.2) is 4.79 Å². The molecule has 3 rings (SSSR count). The molecule has 2 aromatic carbocycles. The van der Waals surface area contributed by atoms with E-state index in [9.17, 15) is 9.59 Å². The Kier molecular flexibility index (Phi) is 9.57. The third-order valence-electron chi connectivity index (χ3n) is 4.46. The van der Waals surface area contributed by atoms with Crippen molar-refractivity contribution in [2.75, 3.05) is 6.61 Å². The number of hydrogen-bond donors (Lipinski definition) is 1. The van der Waals surface area contributed by atoms with Crippen LogP contribution in [0.3, 0.4) is 0 Å². The molecule has 3 aromatic rings. The second-order valence-electron chi connectivity index (χ2n) is 6.84. The smallest absolute Gasteiger partial charge is 0.335 e. The summed E-state index contributed by atoms with van der Waals surface area (Å²) in [6, 6.07) is 18.7. The van der Waals surface area contributed by atoms with Crippen molar-refractivity contribution in [3.63, 3.8) is 0 Å². The lowest BCUT2D eigenvalue weighted by Gasteiger charge is -2.09. The standard InChI is InChI=1S/C17H21NO2.C8H5NO2/c1-2-3-4-5-14-20-17-8-6-15(7-9-17)18-12-10-16(19)11-13-18;9-5-6-1-3-7(4-2-6)8(10)11/h6-13H,2-5,14H2,1H3;1-4H,(H,10,11). The maximum Gasteiger partial charge on any atom is 0.335 e. The molecule has 0 unspecified atom stereocenters. The van der Waals surface area contributed by atoms with Gasteiger partial charge in [0.25, 0.3) is 0 Å². The molecular weight excluding hydrogens is 392 g/mol. The number of nitrogens with zero attached hydrogens (tertiary/aromatic N) is 2. The van der Waals surface area contributed by atoms with E-state index in [1.54, 1.807) is 24.5 Å². The van der Waals surface area contributed by atoms with Gasteiger partial charge >= 0.3 is 5.97 Å². The molecule has 0 amide bonds. The lowest BCUT2D eigenvalue weighted by Crippen LogP contribution is -2.02. The maximum atomic E-state index is 11.1. The lowest BCUT2D eigenvalue weighted by molar-refractivity contribution is 0.0697. The van der Waals surface area contributed by atoms with Crippen molar-refractivity contribution < 1.29 is 14.6 Å². The molecule has 0 aliphatic rings. The molecule has 0 radical (unpaired) electrons. The number of aromatic carboxylic acids is 1. The largest absolute Gasteiger partial charge is 0.494 e. The van der Waals surface area contributed by atoms with Gasteiger partial charge in [-0.05, 0) is 55.0 Å². The fourth-order valence-corrected chi connectivity index (χ4v) is 2.71. The van der Waals surface area contributed by atoms with E-state index in [-0.39, 0.29) is 11.0 Å². The number of unbranched alkanes of at least 4 members (excludes halogenated alkanes) is 3. The van der Waals surface area contributed by atoms with Crippen LogP contribution in [0.4, 0.5) is 0 Å². The number of hydrogen-bond acceptors (Lipinski definition) is 4. The number of pyridine rings is 1. The van der Waals surface area contributed by atoms with Crippen LogP contribution in [0.25, 0.3) is 5.69 Å². The summed E-state index contributed by atoms with van der Waals surface area (Å²) in [4.78, 5) is 21.4. The number of aromatic nitrogens is 1. The topological polar surface area (TPSA) is 92.3 Å². The molecule has 0 aliphatic heterocycles. The summed E-state index contributed by atoms with van der Waals surface area (Å²) in [6.07, 6.45) is 8.38. The normalized spacial score (nSPS) is 9.81. The minimum atomic E-state index is -0.977. The summed E-state index contributed by atoms with van der Waals surface area (Å²) >= 11 is 0. The van der Waals surface area contributed by atoms with Gasteiger partial charge in [0.05, 0.1) is 23.8 Å². The van der Waals surface area contributed by atoms with Crippen LogP contribution in [0, 0.1) is 11.3 Å². The van der Waals surface area contributed by atoms with Gasteiger partial charge in [-0.1, -0.05) is 26.2 Å². The first-order valence-corrected chi connectivity index (χ1v) is 10.2. The highest BCUT2D eigenvalue weighted by Crippen LogP contribution is 2.15. The Balaban J connectivity index is 0.000000262.